The third-order valence-electron chi connectivity index (χ3n) is 5.87. The molecule has 0 aliphatic carbocycles. The van der Waals surface area contributed by atoms with E-state index in [-0.39, 0.29) is 10.6 Å². The first kappa shape index (κ1) is 19.6. The van der Waals surface area contributed by atoms with Crippen LogP contribution in [0.3, 0.4) is 0 Å². The number of piperazine rings is 1. The SMILES string of the molecule is CN1CCN(CCCc2cn(Cc3ccccc3)c3ccc([N+](=O)[O-])cc23)CC1. The molecule has 0 unspecified atom stereocenters. The number of hydrogen-bond acceptors (Lipinski definition) is 4. The Kier molecular flexibility index (Phi) is 5.92. The lowest BCUT2D eigenvalue weighted by Crippen LogP contribution is -2.44. The molecule has 152 valence electrons. The normalized spacial score (nSPS) is 15.8. The van der Waals surface area contributed by atoms with Crippen LogP contribution in [0.1, 0.15) is 17.5 Å². The lowest BCUT2D eigenvalue weighted by atomic mass is 10.1. The summed E-state index contributed by atoms with van der Waals surface area (Å²) >= 11 is 0. The number of fused-ring (bicyclic) bond motifs is 1. The van der Waals surface area contributed by atoms with Crippen LogP contribution in [0.5, 0.6) is 0 Å². The van der Waals surface area contributed by atoms with Gasteiger partial charge >= 0.3 is 0 Å². The topological polar surface area (TPSA) is 54.5 Å². The van der Waals surface area contributed by atoms with E-state index in [4.69, 9.17) is 0 Å². The predicted molar refractivity (Wildman–Crippen MR) is 116 cm³/mol. The Bertz CT molecular complexity index is 975. The highest BCUT2D eigenvalue weighted by Gasteiger charge is 2.16. The van der Waals surface area contributed by atoms with E-state index in [1.165, 1.54) is 11.1 Å². The molecule has 3 aromatic rings. The number of aromatic nitrogens is 1. The van der Waals surface area contributed by atoms with Crippen LogP contribution in [-0.4, -0.2) is 59.1 Å². The van der Waals surface area contributed by atoms with Crippen molar-refractivity contribution in [3.05, 3.63) is 76.0 Å². The van der Waals surface area contributed by atoms with Crippen molar-refractivity contribution >= 4 is 16.6 Å². The van der Waals surface area contributed by atoms with Gasteiger partial charge in [0, 0.05) is 62.0 Å². The molecular formula is C23H28N4O2. The third-order valence-corrected chi connectivity index (χ3v) is 5.87. The van der Waals surface area contributed by atoms with Gasteiger partial charge in [-0.1, -0.05) is 30.3 Å². The molecule has 6 nitrogen and oxygen atoms in total. The number of aryl methyl sites for hydroxylation is 1. The molecule has 0 atom stereocenters. The standard InChI is InChI=1S/C23H28N4O2/c1-24-12-14-25(15-13-24)11-5-8-20-18-26(17-19-6-3-2-4-7-19)23-10-9-21(27(28)29)16-22(20)23/h2-4,6-7,9-10,16,18H,5,8,11-15,17H2,1H3. The number of non-ortho nitro benzene ring substituents is 1. The van der Waals surface area contributed by atoms with E-state index in [2.05, 4.69) is 39.7 Å². The largest absolute Gasteiger partial charge is 0.343 e. The Balaban J connectivity index is 1.54. The summed E-state index contributed by atoms with van der Waals surface area (Å²) < 4.78 is 2.22. The molecular weight excluding hydrogens is 364 g/mol. The highest BCUT2D eigenvalue weighted by Crippen LogP contribution is 2.28. The second-order valence-corrected chi connectivity index (χ2v) is 7.97. The summed E-state index contributed by atoms with van der Waals surface area (Å²) in [6, 6.07) is 15.6. The maximum Gasteiger partial charge on any atom is 0.270 e. The molecule has 2 aromatic carbocycles. The summed E-state index contributed by atoms with van der Waals surface area (Å²) in [5, 5.41) is 12.3. The Labute approximate surface area is 171 Å². The molecule has 1 aliphatic rings. The molecule has 2 heterocycles. The monoisotopic (exact) mass is 392 g/mol. The molecule has 4 rings (SSSR count). The first-order valence-electron chi connectivity index (χ1n) is 10.3. The van der Waals surface area contributed by atoms with Gasteiger partial charge in [0.25, 0.3) is 5.69 Å². The van der Waals surface area contributed by atoms with Crippen molar-refractivity contribution in [2.75, 3.05) is 39.8 Å². The van der Waals surface area contributed by atoms with E-state index < -0.39 is 0 Å². The molecule has 1 fully saturated rings. The number of likely N-dealkylation sites (N-methyl/N-ethyl adjacent to an activating group) is 1. The molecule has 6 heteroatoms. The van der Waals surface area contributed by atoms with Crippen LogP contribution in [0.25, 0.3) is 10.9 Å². The molecule has 1 aliphatic heterocycles. The van der Waals surface area contributed by atoms with E-state index in [9.17, 15) is 10.1 Å². The number of rotatable bonds is 7. The van der Waals surface area contributed by atoms with E-state index in [1.807, 2.05) is 24.3 Å². The fraction of sp³-hybridized carbons (Fsp3) is 0.391. The highest BCUT2D eigenvalue weighted by atomic mass is 16.6. The Morgan fingerprint density at radius 2 is 1.79 bits per heavy atom. The summed E-state index contributed by atoms with van der Waals surface area (Å²) in [5.74, 6) is 0. The zero-order chi connectivity index (χ0) is 20.2. The van der Waals surface area contributed by atoms with Gasteiger partial charge < -0.3 is 14.4 Å². The van der Waals surface area contributed by atoms with Crippen molar-refractivity contribution < 1.29 is 4.92 Å². The summed E-state index contributed by atoms with van der Waals surface area (Å²) in [6.45, 7) is 6.35. The summed E-state index contributed by atoms with van der Waals surface area (Å²) in [6.07, 6.45) is 4.19. The summed E-state index contributed by atoms with van der Waals surface area (Å²) in [7, 11) is 2.17. The molecule has 0 saturated carbocycles. The van der Waals surface area contributed by atoms with E-state index in [0.29, 0.717) is 0 Å². The number of nitro groups is 1. The fourth-order valence-electron chi connectivity index (χ4n) is 4.15. The van der Waals surface area contributed by atoms with Crippen LogP contribution < -0.4 is 0 Å². The van der Waals surface area contributed by atoms with Gasteiger partial charge in [0.15, 0.2) is 0 Å². The maximum absolute atomic E-state index is 11.3. The second kappa shape index (κ2) is 8.76. The zero-order valence-corrected chi connectivity index (χ0v) is 17.0. The average Bonchev–Trinajstić information content (AvgIpc) is 3.07. The quantitative estimate of drug-likeness (QED) is 0.454. The van der Waals surface area contributed by atoms with Crippen molar-refractivity contribution in [1.82, 2.24) is 14.4 Å². The van der Waals surface area contributed by atoms with Crippen molar-refractivity contribution in [2.45, 2.75) is 19.4 Å². The van der Waals surface area contributed by atoms with Crippen molar-refractivity contribution in [1.29, 1.82) is 0 Å². The fourth-order valence-corrected chi connectivity index (χ4v) is 4.15. The minimum Gasteiger partial charge on any atom is -0.343 e. The van der Waals surface area contributed by atoms with E-state index in [1.54, 1.807) is 12.1 Å². The lowest BCUT2D eigenvalue weighted by molar-refractivity contribution is -0.384. The number of nitrogens with zero attached hydrogens (tertiary/aromatic N) is 4. The minimum absolute atomic E-state index is 0.162. The van der Waals surface area contributed by atoms with Gasteiger partial charge in [0.2, 0.25) is 0 Å². The number of hydrogen-bond donors (Lipinski definition) is 0. The molecule has 1 aromatic heterocycles. The lowest BCUT2D eigenvalue weighted by Gasteiger charge is -2.32. The van der Waals surface area contributed by atoms with Crippen LogP contribution in [0.15, 0.2) is 54.7 Å². The predicted octanol–water partition coefficient (Wildman–Crippen LogP) is 3.78. The molecule has 1 saturated heterocycles. The Morgan fingerprint density at radius 1 is 1.03 bits per heavy atom. The molecule has 0 bridgehead atoms. The van der Waals surface area contributed by atoms with Gasteiger partial charge in [0.1, 0.15) is 0 Å². The van der Waals surface area contributed by atoms with Crippen molar-refractivity contribution in [2.24, 2.45) is 0 Å². The molecule has 0 radical (unpaired) electrons. The van der Waals surface area contributed by atoms with Gasteiger partial charge in [-0.25, -0.2) is 0 Å². The van der Waals surface area contributed by atoms with Crippen molar-refractivity contribution in [3.8, 4) is 0 Å². The van der Waals surface area contributed by atoms with Crippen molar-refractivity contribution in [3.63, 3.8) is 0 Å². The molecule has 0 spiro atoms. The molecule has 29 heavy (non-hydrogen) atoms. The van der Waals surface area contributed by atoms with Crippen LogP contribution in [0.4, 0.5) is 5.69 Å². The van der Waals surface area contributed by atoms with Gasteiger partial charge in [-0.05, 0) is 43.6 Å². The highest BCUT2D eigenvalue weighted by molar-refractivity contribution is 5.86. The number of nitro benzene ring substituents is 1. The van der Waals surface area contributed by atoms with Gasteiger partial charge in [-0.2, -0.15) is 0 Å². The van der Waals surface area contributed by atoms with Gasteiger partial charge in [-0.15, -0.1) is 0 Å². The van der Waals surface area contributed by atoms with Crippen LogP contribution in [0, 0.1) is 10.1 Å². The van der Waals surface area contributed by atoms with Gasteiger partial charge in [0.05, 0.1) is 4.92 Å². The zero-order valence-electron chi connectivity index (χ0n) is 17.0. The van der Waals surface area contributed by atoms with Crippen LogP contribution in [0.2, 0.25) is 0 Å². The maximum atomic E-state index is 11.3. The minimum atomic E-state index is -0.304. The first-order valence-corrected chi connectivity index (χ1v) is 10.3. The summed E-state index contributed by atoms with van der Waals surface area (Å²) in [5.41, 5.74) is 3.66. The third kappa shape index (κ3) is 4.66. The van der Waals surface area contributed by atoms with Crippen LogP contribution in [-0.2, 0) is 13.0 Å². The van der Waals surface area contributed by atoms with E-state index >= 15 is 0 Å². The number of benzene rings is 2. The van der Waals surface area contributed by atoms with E-state index in [0.717, 1.165) is 63.0 Å². The molecule has 0 amide bonds. The second-order valence-electron chi connectivity index (χ2n) is 7.97. The Hall–Kier alpha value is -2.70. The van der Waals surface area contributed by atoms with Crippen LogP contribution >= 0.6 is 0 Å². The average molecular weight is 393 g/mol. The summed E-state index contributed by atoms with van der Waals surface area (Å²) in [4.78, 5) is 15.9. The van der Waals surface area contributed by atoms with Gasteiger partial charge in [-0.3, -0.25) is 10.1 Å². The molecule has 0 N–H and O–H groups in total. The first-order chi connectivity index (χ1) is 14.1. The Morgan fingerprint density at radius 3 is 2.52 bits per heavy atom. The smallest absolute Gasteiger partial charge is 0.270 e.